The van der Waals surface area contributed by atoms with Crippen LogP contribution in [0, 0.1) is 0 Å². The first kappa shape index (κ1) is 14.0. The fraction of sp³-hybridized carbons (Fsp3) is 1.00. The van der Waals surface area contributed by atoms with Crippen LogP contribution in [-0.4, -0.2) is 37.1 Å². The van der Waals surface area contributed by atoms with E-state index < -0.39 is 0 Å². The van der Waals surface area contributed by atoms with Gasteiger partial charge in [-0.1, -0.05) is 46.0 Å². The lowest BCUT2D eigenvalue weighted by molar-refractivity contribution is 0.148. The second-order valence-corrected chi connectivity index (χ2v) is 5.10. The molecule has 2 nitrogen and oxygen atoms in total. The van der Waals surface area contributed by atoms with Crippen molar-refractivity contribution < 1.29 is 0 Å². The maximum atomic E-state index is 3.54. The van der Waals surface area contributed by atoms with Crippen LogP contribution in [0.1, 0.15) is 58.8 Å². The van der Waals surface area contributed by atoms with Gasteiger partial charge < -0.3 is 5.32 Å². The summed E-state index contributed by atoms with van der Waals surface area (Å²) in [6.07, 6.45) is 9.67. The van der Waals surface area contributed by atoms with Gasteiger partial charge in [-0.15, -0.1) is 0 Å². The molecule has 0 aromatic rings. The van der Waals surface area contributed by atoms with Crippen LogP contribution in [0.5, 0.6) is 0 Å². The van der Waals surface area contributed by atoms with Crippen LogP contribution in [0.2, 0.25) is 0 Å². The van der Waals surface area contributed by atoms with E-state index in [1.807, 2.05) is 0 Å². The van der Waals surface area contributed by atoms with Crippen molar-refractivity contribution in [2.45, 2.75) is 64.8 Å². The molecule has 0 aromatic heterocycles. The largest absolute Gasteiger partial charge is 0.314 e. The summed E-state index contributed by atoms with van der Waals surface area (Å²) >= 11 is 0. The fourth-order valence-electron chi connectivity index (χ4n) is 2.58. The minimum atomic E-state index is 0.817. The maximum absolute atomic E-state index is 3.54. The highest BCUT2D eigenvalue weighted by Gasteiger charge is 2.20. The molecule has 1 heterocycles. The number of hydrogen-bond acceptors (Lipinski definition) is 2. The number of nitrogens with zero attached hydrogens (tertiary/aromatic N) is 1. The summed E-state index contributed by atoms with van der Waals surface area (Å²) in [5.41, 5.74) is 0. The first-order chi connectivity index (χ1) is 7.88. The summed E-state index contributed by atoms with van der Waals surface area (Å²) in [7, 11) is 0. The zero-order chi connectivity index (χ0) is 11.6. The van der Waals surface area contributed by atoms with Crippen LogP contribution in [0.3, 0.4) is 0 Å². The van der Waals surface area contributed by atoms with Crippen LogP contribution in [0.4, 0.5) is 0 Å². The maximum Gasteiger partial charge on any atom is 0.0221 e. The number of hydrogen-bond donors (Lipinski definition) is 1. The molecule has 1 atom stereocenters. The molecule has 1 N–H and O–H groups in total. The highest BCUT2D eigenvalue weighted by molar-refractivity contribution is 4.79. The molecule has 0 bridgehead atoms. The van der Waals surface area contributed by atoms with Crippen molar-refractivity contribution in [1.82, 2.24) is 10.2 Å². The van der Waals surface area contributed by atoms with E-state index in [4.69, 9.17) is 0 Å². The van der Waals surface area contributed by atoms with Crippen LogP contribution in [0.25, 0.3) is 0 Å². The van der Waals surface area contributed by atoms with Crippen LogP contribution in [-0.2, 0) is 0 Å². The van der Waals surface area contributed by atoms with Gasteiger partial charge in [-0.2, -0.15) is 0 Å². The molecule has 1 fully saturated rings. The Balaban J connectivity index is 2.20. The zero-order valence-corrected chi connectivity index (χ0v) is 11.3. The van der Waals surface area contributed by atoms with Gasteiger partial charge in [0.2, 0.25) is 0 Å². The van der Waals surface area contributed by atoms with Crippen molar-refractivity contribution in [3.05, 3.63) is 0 Å². The van der Waals surface area contributed by atoms with Gasteiger partial charge in [0, 0.05) is 25.7 Å². The third kappa shape index (κ3) is 5.31. The Morgan fingerprint density at radius 3 is 2.56 bits per heavy atom. The third-order valence-electron chi connectivity index (χ3n) is 3.66. The van der Waals surface area contributed by atoms with E-state index >= 15 is 0 Å². The minimum Gasteiger partial charge on any atom is -0.314 e. The van der Waals surface area contributed by atoms with E-state index in [2.05, 4.69) is 24.1 Å². The molecule has 96 valence electrons. The molecule has 0 aliphatic carbocycles. The van der Waals surface area contributed by atoms with Crippen LogP contribution in [0.15, 0.2) is 0 Å². The van der Waals surface area contributed by atoms with Gasteiger partial charge in [0.25, 0.3) is 0 Å². The Bertz CT molecular complexity index is 141. The molecule has 0 spiro atoms. The standard InChI is InChI=1S/C14H30N2/c1-3-5-7-9-14-13-15-10-12-16(14)11-8-6-4-2/h14-15H,3-13H2,1-2H3/t14-/m1/s1. The number of unbranched alkanes of at least 4 members (excludes halogenated alkanes) is 4. The Hall–Kier alpha value is -0.0800. The van der Waals surface area contributed by atoms with Gasteiger partial charge in [0.1, 0.15) is 0 Å². The smallest absolute Gasteiger partial charge is 0.0221 e. The van der Waals surface area contributed by atoms with Gasteiger partial charge in [-0.05, 0) is 19.4 Å². The van der Waals surface area contributed by atoms with E-state index in [1.54, 1.807) is 0 Å². The summed E-state index contributed by atoms with van der Waals surface area (Å²) in [4.78, 5) is 2.72. The average molecular weight is 226 g/mol. The molecule has 1 aliphatic heterocycles. The molecule has 1 aliphatic rings. The normalized spacial score (nSPS) is 22.5. The molecule has 0 radical (unpaired) electrons. The van der Waals surface area contributed by atoms with E-state index in [0.29, 0.717) is 0 Å². The van der Waals surface area contributed by atoms with Gasteiger partial charge >= 0.3 is 0 Å². The summed E-state index contributed by atoms with van der Waals surface area (Å²) < 4.78 is 0. The van der Waals surface area contributed by atoms with Crippen molar-refractivity contribution in [2.75, 3.05) is 26.2 Å². The van der Waals surface area contributed by atoms with Gasteiger partial charge in [0.05, 0.1) is 0 Å². The Labute approximate surface area is 102 Å². The molecule has 1 saturated heterocycles. The molecule has 0 unspecified atom stereocenters. The summed E-state index contributed by atoms with van der Waals surface area (Å²) in [6.45, 7) is 9.58. The highest BCUT2D eigenvalue weighted by Crippen LogP contribution is 2.13. The molecule has 2 heteroatoms. The third-order valence-corrected chi connectivity index (χ3v) is 3.66. The average Bonchev–Trinajstić information content (AvgIpc) is 2.32. The van der Waals surface area contributed by atoms with Gasteiger partial charge in [0.15, 0.2) is 0 Å². The van der Waals surface area contributed by atoms with E-state index in [1.165, 1.54) is 71.1 Å². The quantitative estimate of drug-likeness (QED) is 0.640. The summed E-state index contributed by atoms with van der Waals surface area (Å²) in [5.74, 6) is 0. The lowest BCUT2D eigenvalue weighted by atomic mass is 10.0. The monoisotopic (exact) mass is 226 g/mol. The summed E-state index contributed by atoms with van der Waals surface area (Å²) in [5, 5.41) is 3.54. The lowest BCUT2D eigenvalue weighted by Gasteiger charge is -2.36. The molecule has 1 rings (SSSR count). The lowest BCUT2D eigenvalue weighted by Crippen LogP contribution is -2.51. The molecule has 0 aromatic carbocycles. The first-order valence-electron chi connectivity index (χ1n) is 7.33. The Kier molecular flexibility index (Phi) is 7.87. The Morgan fingerprint density at radius 1 is 1.06 bits per heavy atom. The second kappa shape index (κ2) is 9.00. The molecule has 0 amide bonds. The molecular formula is C14H30N2. The number of nitrogens with one attached hydrogen (secondary N) is 1. The number of piperazine rings is 1. The second-order valence-electron chi connectivity index (χ2n) is 5.10. The predicted molar refractivity (Wildman–Crippen MR) is 71.9 cm³/mol. The zero-order valence-electron chi connectivity index (χ0n) is 11.3. The molecule has 16 heavy (non-hydrogen) atoms. The number of rotatable bonds is 8. The fourth-order valence-corrected chi connectivity index (χ4v) is 2.58. The van der Waals surface area contributed by atoms with Crippen molar-refractivity contribution in [3.8, 4) is 0 Å². The van der Waals surface area contributed by atoms with Crippen molar-refractivity contribution >= 4 is 0 Å². The van der Waals surface area contributed by atoms with Gasteiger partial charge in [-0.25, -0.2) is 0 Å². The molecule has 0 saturated carbocycles. The van der Waals surface area contributed by atoms with Crippen LogP contribution >= 0.6 is 0 Å². The molecular weight excluding hydrogens is 196 g/mol. The minimum absolute atomic E-state index is 0.817. The highest BCUT2D eigenvalue weighted by atomic mass is 15.2. The van der Waals surface area contributed by atoms with Crippen molar-refractivity contribution in [2.24, 2.45) is 0 Å². The van der Waals surface area contributed by atoms with E-state index in [9.17, 15) is 0 Å². The summed E-state index contributed by atoms with van der Waals surface area (Å²) in [6, 6.07) is 0.817. The Morgan fingerprint density at radius 2 is 1.81 bits per heavy atom. The predicted octanol–water partition coefficient (Wildman–Crippen LogP) is 3.03. The van der Waals surface area contributed by atoms with E-state index in [-0.39, 0.29) is 0 Å². The van der Waals surface area contributed by atoms with Crippen molar-refractivity contribution in [1.29, 1.82) is 0 Å². The topological polar surface area (TPSA) is 15.3 Å². The van der Waals surface area contributed by atoms with Gasteiger partial charge in [-0.3, -0.25) is 4.90 Å². The van der Waals surface area contributed by atoms with Crippen LogP contribution < -0.4 is 5.32 Å². The SMILES string of the molecule is CCCCC[C@@H]1CNCCN1CCCCC. The van der Waals surface area contributed by atoms with Crippen molar-refractivity contribution in [3.63, 3.8) is 0 Å². The first-order valence-corrected chi connectivity index (χ1v) is 7.33. The van der Waals surface area contributed by atoms with E-state index in [0.717, 1.165) is 6.04 Å².